The van der Waals surface area contributed by atoms with Crippen molar-refractivity contribution in [3.63, 3.8) is 0 Å². The Morgan fingerprint density at radius 1 is 1.35 bits per heavy atom. The van der Waals surface area contributed by atoms with Crippen molar-refractivity contribution in [3.8, 4) is 0 Å². The molecule has 0 aliphatic rings. The summed E-state index contributed by atoms with van der Waals surface area (Å²) in [6, 6.07) is 9.21. The molecule has 0 aliphatic carbocycles. The van der Waals surface area contributed by atoms with Crippen LogP contribution in [-0.4, -0.2) is 23.5 Å². The lowest BCUT2D eigenvalue weighted by Gasteiger charge is -2.17. The van der Waals surface area contributed by atoms with Gasteiger partial charge in [0.2, 0.25) is 5.91 Å². The summed E-state index contributed by atoms with van der Waals surface area (Å²) in [6.07, 6.45) is 0.299. The molecule has 92 valence electrons. The highest BCUT2D eigenvalue weighted by Gasteiger charge is 2.13. The topological polar surface area (TPSA) is 114 Å². The summed E-state index contributed by atoms with van der Waals surface area (Å²) in [5.74, 6) is -0.360. The number of amidine groups is 1. The van der Waals surface area contributed by atoms with Crippen LogP contribution >= 0.6 is 0 Å². The number of nitrogens with one attached hydrogen (secondary N) is 1. The van der Waals surface area contributed by atoms with Crippen LogP contribution in [0.25, 0.3) is 0 Å². The summed E-state index contributed by atoms with van der Waals surface area (Å²) < 4.78 is 0. The van der Waals surface area contributed by atoms with E-state index in [-0.39, 0.29) is 18.4 Å². The minimum Gasteiger partial charge on any atom is -0.409 e. The van der Waals surface area contributed by atoms with Crippen molar-refractivity contribution in [2.24, 2.45) is 16.6 Å². The van der Waals surface area contributed by atoms with Crippen LogP contribution < -0.4 is 16.8 Å². The van der Waals surface area contributed by atoms with Gasteiger partial charge in [-0.05, 0) is 5.56 Å². The van der Waals surface area contributed by atoms with Gasteiger partial charge < -0.3 is 22.0 Å². The zero-order valence-electron chi connectivity index (χ0n) is 9.34. The molecule has 1 rings (SSSR count). The van der Waals surface area contributed by atoms with E-state index in [0.717, 1.165) is 5.56 Å². The van der Waals surface area contributed by atoms with Crippen LogP contribution in [0.15, 0.2) is 35.5 Å². The van der Waals surface area contributed by atoms with Crippen molar-refractivity contribution in [2.45, 2.75) is 12.5 Å². The maximum Gasteiger partial charge on any atom is 0.231 e. The van der Waals surface area contributed by atoms with E-state index in [1.165, 1.54) is 0 Å². The lowest BCUT2D eigenvalue weighted by atomic mass is 10.0. The Hall–Kier alpha value is -2.08. The van der Waals surface area contributed by atoms with Crippen molar-refractivity contribution in [1.82, 2.24) is 5.32 Å². The maximum atomic E-state index is 10.7. The molecule has 1 unspecified atom stereocenters. The number of benzene rings is 1. The van der Waals surface area contributed by atoms with E-state index < -0.39 is 5.91 Å². The molecule has 0 heterocycles. The van der Waals surface area contributed by atoms with Crippen LogP contribution in [0, 0.1) is 0 Å². The zero-order valence-corrected chi connectivity index (χ0v) is 9.34. The first-order valence-corrected chi connectivity index (χ1v) is 5.16. The molecule has 1 atom stereocenters. The number of rotatable bonds is 6. The smallest absolute Gasteiger partial charge is 0.231 e. The molecule has 0 fully saturated rings. The van der Waals surface area contributed by atoms with Gasteiger partial charge in [-0.15, -0.1) is 0 Å². The monoisotopic (exact) mass is 236 g/mol. The molecule has 0 aromatic heterocycles. The first-order valence-electron chi connectivity index (χ1n) is 5.16. The minimum atomic E-state index is -0.453. The van der Waals surface area contributed by atoms with E-state index in [4.69, 9.17) is 16.7 Å². The molecular weight excluding hydrogens is 220 g/mol. The second kappa shape index (κ2) is 6.49. The minimum absolute atomic E-state index is 0.0399. The van der Waals surface area contributed by atoms with Crippen molar-refractivity contribution in [3.05, 3.63) is 35.9 Å². The zero-order chi connectivity index (χ0) is 12.7. The summed E-state index contributed by atoms with van der Waals surface area (Å²) in [4.78, 5) is 10.7. The molecule has 1 aromatic carbocycles. The third-order valence-corrected chi connectivity index (χ3v) is 2.27. The number of amides is 1. The van der Waals surface area contributed by atoms with E-state index in [0.29, 0.717) is 6.42 Å². The molecule has 6 heteroatoms. The summed E-state index contributed by atoms with van der Waals surface area (Å²) in [6.45, 7) is 0.0399. The summed E-state index contributed by atoms with van der Waals surface area (Å²) in [5, 5.41) is 14.4. The first kappa shape index (κ1) is 13.0. The Bertz CT molecular complexity index is 392. The molecule has 0 saturated heterocycles. The fourth-order valence-electron chi connectivity index (χ4n) is 1.47. The van der Waals surface area contributed by atoms with E-state index in [2.05, 4.69) is 10.5 Å². The van der Waals surface area contributed by atoms with Gasteiger partial charge in [-0.25, -0.2) is 0 Å². The number of carbonyl (C=O) groups excluding carboxylic acids is 1. The van der Waals surface area contributed by atoms with Gasteiger partial charge in [-0.3, -0.25) is 4.79 Å². The van der Waals surface area contributed by atoms with Gasteiger partial charge in [0.1, 0.15) is 5.84 Å². The predicted molar refractivity (Wildman–Crippen MR) is 64.4 cm³/mol. The van der Waals surface area contributed by atoms with Gasteiger partial charge in [0.25, 0.3) is 0 Å². The quantitative estimate of drug-likeness (QED) is 0.240. The number of primary amides is 1. The Kier molecular flexibility index (Phi) is 4.96. The van der Waals surface area contributed by atoms with Gasteiger partial charge >= 0.3 is 0 Å². The third kappa shape index (κ3) is 4.52. The number of hydrogen-bond acceptors (Lipinski definition) is 4. The SMILES string of the molecule is NC(=O)CNC(CC(N)=NO)c1ccccc1. The average Bonchev–Trinajstić information content (AvgIpc) is 2.35. The molecule has 0 spiro atoms. The van der Waals surface area contributed by atoms with Crippen molar-refractivity contribution in [1.29, 1.82) is 0 Å². The van der Waals surface area contributed by atoms with Gasteiger partial charge in [-0.1, -0.05) is 35.5 Å². The van der Waals surface area contributed by atoms with Crippen LogP contribution in [0.2, 0.25) is 0 Å². The number of hydrogen-bond donors (Lipinski definition) is 4. The highest BCUT2D eigenvalue weighted by Crippen LogP contribution is 2.15. The number of nitrogens with two attached hydrogens (primary N) is 2. The Morgan fingerprint density at radius 3 is 2.53 bits per heavy atom. The molecule has 1 aromatic rings. The molecule has 0 aliphatic heterocycles. The van der Waals surface area contributed by atoms with E-state index in [1.807, 2.05) is 30.3 Å². The van der Waals surface area contributed by atoms with Gasteiger partial charge in [0, 0.05) is 12.5 Å². The molecular formula is C11H16N4O2. The predicted octanol–water partition coefficient (Wildman–Crippen LogP) is -0.0609. The van der Waals surface area contributed by atoms with Crippen LogP contribution in [0.1, 0.15) is 18.0 Å². The van der Waals surface area contributed by atoms with Crippen molar-refractivity contribution >= 4 is 11.7 Å². The van der Waals surface area contributed by atoms with Crippen LogP contribution in [0.3, 0.4) is 0 Å². The van der Waals surface area contributed by atoms with Crippen LogP contribution in [-0.2, 0) is 4.79 Å². The van der Waals surface area contributed by atoms with Crippen LogP contribution in [0.4, 0.5) is 0 Å². The van der Waals surface area contributed by atoms with Gasteiger partial charge in [-0.2, -0.15) is 0 Å². The first-order chi connectivity index (χ1) is 8.13. The standard InChI is InChI=1S/C11H16N4O2/c12-10(15-17)6-9(14-7-11(13)16)8-4-2-1-3-5-8/h1-5,9,14,17H,6-7H2,(H2,12,15)(H2,13,16). The second-order valence-electron chi connectivity index (χ2n) is 3.61. The molecule has 6 nitrogen and oxygen atoms in total. The van der Waals surface area contributed by atoms with Crippen molar-refractivity contribution < 1.29 is 10.0 Å². The largest absolute Gasteiger partial charge is 0.409 e. The third-order valence-electron chi connectivity index (χ3n) is 2.27. The maximum absolute atomic E-state index is 10.7. The summed E-state index contributed by atoms with van der Waals surface area (Å²) in [5.41, 5.74) is 11.5. The molecule has 6 N–H and O–H groups in total. The van der Waals surface area contributed by atoms with Gasteiger partial charge in [0.15, 0.2) is 0 Å². The number of nitrogens with zero attached hydrogens (tertiary/aromatic N) is 1. The Balaban J connectivity index is 2.75. The average molecular weight is 236 g/mol. The highest BCUT2D eigenvalue weighted by molar-refractivity contribution is 5.80. The molecule has 0 bridgehead atoms. The van der Waals surface area contributed by atoms with E-state index in [1.54, 1.807) is 0 Å². The Labute approximate surface area is 99.3 Å². The molecule has 17 heavy (non-hydrogen) atoms. The van der Waals surface area contributed by atoms with E-state index in [9.17, 15) is 4.79 Å². The van der Waals surface area contributed by atoms with Crippen LogP contribution in [0.5, 0.6) is 0 Å². The summed E-state index contributed by atoms with van der Waals surface area (Å²) in [7, 11) is 0. The normalized spacial score (nSPS) is 13.3. The number of carbonyl (C=O) groups is 1. The lowest BCUT2D eigenvalue weighted by Crippen LogP contribution is -2.34. The summed E-state index contributed by atoms with van der Waals surface area (Å²) >= 11 is 0. The fourth-order valence-corrected chi connectivity index (χ4v) is 1.47. The van der Waals surface area contributed by atoms with E-state index >= 15 is 0 Å². The lowest BCUT2D eigenvalue weighted by molar-refractivity contribution is -0.117. The molecule has 0 saturated carbocycles. The fraction of sp³-hybridized carbons (Fsp3) is 0.273. The Morgan fingerprint density at radius 2 is 2.00 bits per heavy atom. The molecule has 1 amide bonds. The van der Waals surface area contributed by atoms with Crippen molar-refractivity contribution in [2.75, 3.05) is 6.54 Å². The van der Waals surface area contributed by atoms with Gasteiger partial charge in [0.05, 0.1) is 6.54 Å². The number of oxime groups is 1. The highest BCUT2D eigenvalue weighted by atomic mass is 16.4. The second-order valence-corrected chi connectivity index (χ2v) is 3.61. The molecule has 0 radical (unpaired) electrons.